The first-order valence-corrected chi connectivity index (χ1v) is 4.83. The molecule has 0 amide bonds. The molecule has 4 N–H and O–H groups in total. The molecule has 4 nitrogen and oxygen atoms in total. The summed E-state index contributed by atoms with van der Waals surface area (Å²) in [6.45, 7) is 1.85. The van der Waals surface area contributed by atoms with Crippen molar-refractivity contribution in [2.24, 2.45) is 0 Å². The Labute approximate surface area is 89.6 Å². The highest BCUT2D eigenvalue weighted by Crippen LogP contribution is 2.29. The van der Waals surface area contributed by atoms with E-state index in [1.54, 1.807) is 32.4 Å². The van der Waals surface area contributed by atoms with E-state index in [0.717, 1.165) is 0 Å². The van der Waals surface area contributed by atoms with Gasteiger partial charge in [0.1, 0.15) is 23.6 Å². The van der Waals surface area contributed by atoms with Crippen LogP contribution in [-0.2, 0) is 0 Å². The van der Waals surface area contributed by atoms with Gasteiger partial charge in [0.25, 0.3) is 0 Å². The highest BCUT2D eigenvalue weighted by molar-refractivity contribution is 5.41. The lowest BCUT2D eigenvalue weighted by Crippen LogP contribution is -2.61. The number of methoxy groups -OCH3 is 2. The average molecular weight is 212 g/mol. The largest absolute Gasteiger partial charge is 0.497 e. The van der Waals surface area contributed by atoms with E-state index in [9.17, 15) is 5.11 Å². The number of hydrogen-bond acceptors (Lipinski definition) is 3. The second-order valence-corrected chi connectivity index (χ2v) is 3.53. The number of benzene rings is 1. The van der Waals surface area contributed by atoms with Gasteiger partial charge in [-0.1, -0.05) is 0 Å². The van der Waals surface area contributed by atoms with Gasteiger partial charge in [0.05, 0.1) is 14.2 Å². The number of rotatable bonds is 4. The predicted octanol–water partition coefficient (Wildman–Crippen LogP) is 0.368. The van der Waals surface area contributed by atoms with Crippen LogP contribution in [0.25, 0.3) is 0 Å². The standard InChI is InChI=1S/C11H17NO3/c1-7(12)11(13)9-6-8(14-2)4-5-10(9)15-3/h4-7,11,13H,12H2,1-3H3/p+1/t7-,11-/m0/s1. The molecule has 0 radical (unpaired) electrons. The number of aliphatic hydroxyl groups is 1. The fourth-order valence-electron chi connectivity index (χ4n) is 1.38. The lowest BCUT2D eigenvalue weighted by molar-refractivity contribution is -0.433. The third-order valence-electron chi connectivity index (χ3n) is 2.29. The normalized spacial score (nSPS) is 14.5. The summed E-state index contributed by atoms with van der Waals surface area (Å²) in [7, 11) is 3.16. The SMILES string of the molecule is COc1ccc(OC)c([C@@H](O)[C@H](C)[NH3+])c1. The van der Waals surface area contributed by atoms with Gasteiger partial charge >= 0.3 is 0 Å². The minimum atomic E-state index is -0.643. The van der Waals surface area contributed by atoms with Crippen molar-refractivity contribution in [2.75, 3.05) is 14.2 Å². The van der Waals surface area contributed by atoms with Crippen LogP contribution < -0.4 is 15.2 Å². The highest BCUT2D eigenvalue weighted by Gasteiger charge is 2.20. The molecular formula is C11H18NO3+. The van der Waals surface area contributed by atoms with E-state index in [2.05, 4.69) is 5.73 Å². The van der Waals surface area contributed by atoms with E-state index >= 15 is 0 Å². The molecule has 4 heteroatoms. The van der Waals surface area contributed by atoms with Crippen molar-refractivity contribution in [1.82, 2.24) is 0 Å². The molecule has 0 spiro atoms. The molecule has 1 aromatic rings. The van der Waals surface area contributed by atoms with Gasteiger partial charge in [0.2, 0.25) is 0 Å². The zero-order chi connectivity index (χ0) is 11.4. The van der Waals surface area contributed by atoms with E-state index in [4.69, 9.17) is 9.47 Å². The van der Waals surface area contributed by atoms with Crippen LogP contribution in [0.1, 0.15) is 18.6 Å². The smallest absolute Gasteiger partial charge is 0.134 e. The number of hydrogen-bond donors (Lipinski definition) is 2. The molecule has 0 fully saturated rings. The molecule has 0 aliphatic heterocycles. The van der Waals surface area contributed by atoms with Crippen LogP contribution >= 0.6 is 0 Å². The molecule has 0 bridgehead atoms. The summed E-state index contributed by atoms with van der Waals surface area (Å²) in [6, 6.07) is 5.24. The monoisotopic (exact) mass is 212 g/mol. The Balaban J connectivity index is 3.11. The van der Waals surface area contributed by atoms with E-state index in [-0.39, 0.29) is 6.04 Å². The van der Waals surface area contributed by atoms with Gasteiger partial charge in [0.15, 0.2) is 0 Å². The second-order valence-electron chi connectivity index (χ2n) is 3.53. The Morgan fingerprint density at radius 1 is 1.27 bits per heavy atom. The maximum Gasteiger partial charge on any atom is 0.134 e. The average Bonchev–Trinajstić information content (AvgIpc) is 2.27. The van der Waals surface area contributed by atoms with Crippen molar-refractivity contribution < 1.29 is 20.3 Å². The lowest BCUT2D eigenvalue weighted by Gasteiger charge is -2.16. The molecule has 0 saturated heterocycles. The Morgan fingerprint density at radius 3 is 2.40 bits per heavy atom. The summed E-state index contributed by atoms with van der Waals surface area (Å²) >= 11 is 0. The van der Waals surface area contributed by atoms with Crippen molar-refractivity contribution in [1.29, 1.82) is 0 Å². The summed E-state index contributed by atoms with van der Waals surface area (Å²) in [5, 5.41) is 9.93. The Morgan fingerprint density at radius 2 is 1.93 bits per heavy atom. The summed E-state index contributed by atoms with van der Waals surface area (Å²) in [6.07, 6.45) is -0.643. The van der Waals surface area contributed by atoms with Crippen LogP contribution in [0.4, 0.5) is 0 Å². The molecule has 1 aromatic carbocycles. The van der Waals surface area contributed by atoms with Crippen molar-refractivity contribution in [3.8, 4) is 11.5 Å². The summed E-state index contributed by atoms with van der Waals surface area (Å²) in [5.41, 5.74) is 4.51. The quantitative estimate of drug-likeness (QED) is 0.757. The summed E-state index contributed by atoms with van der Waals surface area (Å²) in [5.74, 6) is 1.35. The van der Waals surface area contributed by atoms with Crippen molar-refractivity contribution in [2.45, 2.75) is 19.1 Å². The maximum atomic E-state index is 9.93. The fraction of sp³-hybridized carbons (Fsp3) is 0.455. The van der Waals surface area contributed by atoms with Gasteiger partial charge in [-0.25, -0.2) is 0 Å². The summed E-state index contributed by atoms with van der Waals surface area (Å²) < 4.78 is 10.3. The van der Waals surface area contributed by atoms with Gasteiger partial charge in [-0.05, 0) is 25.1 Å². The number of quaternary nitrogens is 1. The number of ether oxygens (including phenoxy) is 2. The van der Waals surface area contributed by atoms with Gasteiger partial charge in [-0.3, -0.25) is 0 Å². The highest BCUT2D eigenvalue weighted by atomic mass is 16.5. The molecule has 2 atom stereocenters. The molecule has 0 heterocycles. The van der Waals surface area contributed by atoms with Gasteiger partial charge in [-0.2, -0.15) is 0 Å². The predicted molar refractivity (Wildman–Crippen MR) is 56.9 cm³/mol. The second kappa shape index (κ2) is 5.00. The third kappa shape index (κ3) is 2.61. The zero-order valence-corrected chi connectivity index (χ0v) is 9.36. The van der Waals surface area contributed by atoms with Crippen LogP contribution in [0.2, 0.25) is 0 Å². The molecule has 0 aliphatic rings. The molecular weight excluding hydrogens is 194 g/mol. The zero-order valence-electron chi connectivity index (χ0n) is 9.36. The van der Waals surface area contributed by atoms with Crippen molar-refractivity contribution >= 4 is 0 Å². The minimum Gasteiger partial charge on any atom is -0.497 e. The lowest BCUT2D eigenvalue weighted by atomic mass is 10.0. The van der Waals surface area contributed by atoms with Crippen molar-refractivity contribution in [3.63, 3.8) is 0 Å². The number of aliphatic hydroxyl groups excluding tert-OH is 1. The molecule has 1 rings (SSSR count). The maximum absolute atomic E-state index is 9.93. The van der Waals surface area contributed by atoms with E-state index < -0.39 is 6.10 Å². The van der Waals surface area contributed by atoms with Crippen LogP contribution in [0.15, 0.2) is 18.2 Å². The Kier molecular flexibility index (Phi) is 3.94. The van der Waals surface area contributed by atoms with E-state index in [1.807, 2.05) is 6.92 Å². The first-order valence-electron chi connectivity index (χ1n) is 4.83. The Hall–Kier alpha value is -1.26. The summed E-state index contributed by atoms with van der Waals surface area (Å²) in [4.78, 5) is 0. The van der Waals surface area contributed by atoms with Crippen LogP contribution in [0.3, 0.4) is 0 Å². The molecule has 84 valence electrons. The fourth-order valence-corrected chi connectivity index (χ4v) is 1.38. The first kappa shape index (κ1) is 11.8. The van der Waals surface area contributed by atoms with Gasteiger partial charge in [0, 0.05) is 5.56 Å². The van der Waals surface area contributed by atoms with Gasteiger partial charge in [-0.15, -0.1) is 0 Å². The third-order valence-corrected chi connectivity index (χ3v) is 2.29. The van der Waals surface area contributed by atoms with Crippen LogP contribution in [-0.4, -0.2) is 25.4 Å². The first-order chi connectivity index (χ1) is 7.10. The molecule has 0 unspecified atom stereocenters. The molecule has 15 heavy (non-hydrogen) atoms. The minimum absolute atomic E-state index is 0.106. The van der Waals surface area contributed by atoms with E-state index in [1.165, 1.54) is 0 Å². The molecule has 0 saturated carbocycles. The molecule has 0 aliphatic carbocycles. The van der Waals surface area contributed by atoms with Gasteiger partial charge < -0.3 is 20.3 Å². The van der Waals surface area contributed by atoms with Crippen LogP contribution in [0, 0.1) is 0 Å². The Bertz CT molecular complexity index is 326. The molecule has 0 aromatic heterocycles. The van der Waals surface area contributed by atoms with E-state index in [0.29, 0.717) is 17.1 Å². The van der Waals surface area contributed by atoms with Crippen molar-refractivity contribution in [3.05, 3.63) is 23.8 Å². The van der Waals surface area contributed by atoms with Crippen LogP contribution in [0.5, 0.6) is 11.5 Å². The topological polar surface area (TPSA) is 66.3 Å².